The van der Waals surface area contributed by atoms with E-state index in [4.69, 9.17) is 16.0 Å². The van der Waals surface area contributed by atoms with Crippen LogP contribution in [0.4, 0.5) is 0 Å². The topological polar surface area (TPSA) is 55.1 Å². The van der Waals surface area contributed by atoms with Crippen LogP contribution >= 0.6 is 11.6 Å². The minimum absolute atomic E-state index is 0.0547. The number of aryl methyl sites for hydroxylation is 2. The van der Waals surface area contributed by atoms with Crippen molar-refractivity contribution in [3.8, 4) is 0 Å². The van der Waals surface area contributed by atoms with Gasteiger partial charge in [-0.25, -0.2) is 4.98 Å². The van der Waals surface area contributed by atoms with Gasteiger partial charge in [0.2, 0.25) is 5.91 Å². The summed E-state index contributed by atoms with van der Waals surface area (Å²) in [4.78, 5) is 16.1. The smallest absolute Gasteiger partial charge is 0.224 e. The van der Waals surface area contributed by atoms with Crippen molar-refractivity contribution in [1.82, 2.24) is 10.3 Å². The number of amides is 1. The predicted octanol–water partition coefficient (Wildman–Crippen LogP) is 3.96. The Kier molecular flexibility index (Phi) is 4.35. The number of carbonyl (C=O) groups excluding carboxylic acids is 1. The summed E-state index contributed by atoms with van der Waals surface area (Å²) in [6.45, 7) is 4.50. The van der Waals surface area contributed by atoms with Gasteiger partial charge in [0, 0.05) is 23.7 Å². The Labute approximate surface area is 139 Å². The number of fused-ring (bicyclic) bond motifs is 1. The first-order valence-electron chi connectivity index (χ1n) is 7.38. The number of rotatable bonds is 4. The zero-order valence-electron chi connectivity index (χ0n) is 13.0. The van der Waals surface area contributed by atoms with Crippen LogP contribution in [0.5, 0.6) is 0 Å². The molecule has 0 aliphatic carbocycles. The Balaban J connectivity index is 1.68. The van der Waals surface area contributed by atoms with E-state index in [1.807, 2.05) is 32.0 Å². The third-order valence-corrected chi connectivity index (χ3v) is 4.19. The average Bonchev–Trinajstić information content (AvgIpc) is 2.94. The van der Waals surface area contributed by atoms with Crippen LogP contribution in [-0.2, 0) is 17.8 Å². The molecule has 0 saturated heterocycles. The van der Waals surface area contributed by atoms with Gasteiger partial charge in [-0.05, 0) is 36.6 Å². The van der Waals surface area contributed by atoms with Crippen molar-refractivity contribution in [1.29, 1.82) is 0 Å². The van der Waals surface area contributed by atoms with Gasteiger partial charge in [0.25, 0.3) is 0 Å². The van der Waals surface area contributed by atoms with Crippen LogP contribution in [0.3, 0.4) is 0 Å². The predicted molar refractivity (Wildman–Crippen MR) is 90.5 cm³/mol. The maximum Gasteiger partial charge on any atom is 0.224 e. The number of pyridine rings is 1. The third kappa shape index (κ3) is 3.37. The number of furan rings is 1. The summed E-state index contributed by atoms with van der Waals surface area (Å²) in [6.07, 6.45) is 3.61. The summed E-state index contributed by atoms with van der Waals surface area (Å²) < 4.78 is 5.63. The van der Waals surface area contributed by atoms with Crippen molar-refractivity contribution in [2.24, 2.45) is 0 Å². The number of benzene rings is 1. The first kappa shape index (κ1) is 15.6. The van der Waals surface area contributed by atoms with Crippen molar-refractivity contribution in [3.63, 3.8) is 0 Å². The van der Waals surface area contributed by atoms with Gasteiger partial charge in [-0.3, -0.25) is 4.79 Å². The minimum Gasteiger partial charge on any atom is -0.464 e. The lowest BCUT2D eigenvalue weighted by Gasteiger charge is -2.05. The van der Waals surface area contributed by atoms with Gasteiger partial charge in [-0.2, -0.15) is 0 Å². The van der Waals surface area contributed by atoms with Gasteiger partial charge in [-0.1, -0.05) is 29.8 Å². The van der Waals surface area contributed by atoms with Gasteiger partial charge in [0.15, 0.2) is 0 Å². The number of aromatic nitrogens is 1. The van der Waals surface area contributed by atoms with Gasteiger partial charge in [0.05, 0.1) is 12.7 Å². The molecule has 0 atom stereocenters. The Morgan fingerprint density at radius 2 is 2.09 bits per heavy atom. The molecule has 5 heteroatoms. The molecule has 4 nitrogen and oxygen atoms in total. The summed E-state index contributed by atoms with van der Waals surface area (Å²) in [5.41, 5.74) is 4.95. The van der Waals surface area contributed by atoms with Crippen LogP contribution in [-0.4, -0.2) is 10.9 Å². The molecule has 3 rings (SSSR count). The summed E-state index contributed by atoms with van der Waals surface area (Å²) in [5.74, 6) is -0.0547. The van der Waals surface area contributed by atoms with Crippen LogP contribution in [0.15, 0.2) is 41.1 Å². The molecular formula is C18H17ClN2O2. The van der Waals surface area contributed by atoms with Gasteiger partial charge < -0.3 is 9.73 Å². The number of hydrogen-bond donors (Lipinski definition) is 1. The van der Waals surface area contributed by atoms with Crippen LogP contribution in [0.25, 0.3) is 11.0 Å². The van der Waals surface area contributed by atoms with Crippen LogP contribution in [0.2, 0.25) is 5.15 Å². The standard InChI is InChI=1S/C18H17ClN2O2/c1-11-3-5-15-14(10-23-18(15)12(11)2)7-17(22)21-9-13-4-6-16(19)20-8-13/h3-6,8,10H,7,9H2,1-2H3,(H,21,22). The number of carbonyl (C=O) groups is 1. The second kappa shape index (κ2) is 6.42. The highest BCUT2D eigenvalue weighted by molar-refractivity contribution is 6.29. The Hall–Kier alpha value is -2.33. The van der Waals surface area contributed by atoms with Gasteiger partial charge in [-0.15, -0.1) is 0 Å². The van der Waals surface area contributed by atoms with E-state index in [-0.39, 0.29) is 12.3 Å². The molecule has 2 aromatic heterocycles. The van der Waals surface area contributed by atoms with E-state index >= 15 is 0 Å². The van der Waals surface area contributed by atoms with E-state index in [9.17, 15) is 4.79 Å². The number of hydrogen-bond acceptors (Lipinski definition) is 3. The highest BCUT2D eigenvalue weighted by atomic mass is 35.5. The van der Waals surface area contributed by atoms with E-state index in [0.717, 1.165) is 27.7 Å². The first-order valence-corrected chi connectivity index (χ1v) is 7.76. The summed E-state index contributed by atoms with van der Waals surface area (Å²) in [5, 5.41) is 4.32. The molecule has 1 N–H and O–H groups in total. The lowest BCUT2D eigenvalue weighted by atomic mass is 10.0. The zero-order valence-corrected chi connectivity index (χ0v) is 13.8. The molecular weight excluding hydrogens is 312 g/mol. The van der Waals surface area contributed by atoms with E-state index in [1.165, 1.54) is 5.56 Å². The van der Waals surface area contributed by atoms with Crippen LogP contribution in [0.1, 0.15) is 22.3 Å². The van der Waals surface area contributed by atoms with Crippen molar-refractivity contribution >= 4 is 28.5 Å². The SMILES string of the molecule is Cc1ccc2c(CC(=O)NCc3ccc(Cl)nc3)coc2c1C. The molecule has 118 valence electrons. The molecule has 3 aromatic rings. The Morgan fingerprint density at radius 1 is 1.26 bits per heavy atom. The van der Waals surface area contributed by atoms with E-state index < -0.39 is 0 Å². The van der Waals surface area contributed by atoms with Gasteiger partial charge in [0.1, 0.15) is 10.7 Å². The third-order valence-electron chi connectivity index (χ3n) is 3.97. The summed E-state index contributed by atoms with van der Waals surface area (Å²) in [6, 6.07) is 7.60. The average molecular weight is 329 g/mol. The Bertz CT molecular complexity index is 853. The molecule has 1 amide bonds. The summed E-state index contributed by atoms with van der Waals surface area (Å²) >= 11 is 5.74. The molecule has 23 heavy (non-hydrogen) atoms. The molecule has 2 heterocycles. The second-order valence-corrected chi connectivity index (χ2v) is 5.98. The van der Waals surface area contributed by atoms with Crippen molar-refractivity contribution in [3.05, 3.63) is 64.1 Å². The molecule has 0 spiro atoms. The Morgan fingerprint density at radius 3 is 2.83 bits per heavy atom. The lowest BCUT2D eigenvalue weighted by Crippen LogP contribution is -2.24. The fraction of sp³-hybridized carbons (Fsp3) is 0.222. The van der Waals surface area contributed by atoms with Crippen molar-refractivity contribution in [2.75, 3.05) is 0 Å². The van der Waals surface area contributed by atoms with Crippen LogP contribution < -0.4 is 5.32 Å². The van der Waals surface area contributed by atoms with Crippen molar-refractivity contribution in [2.45, 2.75) is 26.8 Å². The highest BCUT2D eigenvalue weighted by Crippen LogP contribution is 2.26. The maximum absolute atomic E-state index is 12.1. The van der Waals surface area contributed by atoms with E-state index in [0.29, 0.717) is 11.7 Å². The van der Waals surface area contributed by atoms with Crippen molar-refractivity contribution < 1.29 is 9.21 Å². The molecule has 0 fully saturated rings. The fourth-order valence-electron chi connectivity index (χ4n) is 2.47. The van der Waals surface area contributed by atoms with Gasteiger partial charge >= 0.3 is 0 Å². The number of nitrogens with one attached hydrogen (secondary N) is 1. The molecule has 0 bridgehead atoms. The fourth-order valence-corrected chi connectivity index (χ4v) is 2.58. The largest absolute Gasteiger partial charge is 0.464 e. The quantitative estimate of drug-likeness (QED) is 0.738. The number of halogens is 1. The highest BCUT2D eigenvalue weighted by Gasteiger charge is 2.12. The first-order chi connectivity index (χ1) is 11.0. The maximum atomic E-state index is 12.1. The molecule has 0 saturated carbocycles. The molecule has 1 aromatic carbocycles. The summed E-state index contributed by atoms with van der Waals surface area (Å²) in [7, 11) is 0. The normalized spacial score (nSPS) is 10.9. The molecule has 0 aliphatic heterocycles. The minimum atomic E-state index is -0.0547. The van der Waals surface area contributed by atoms with E-state index in [1.54, 1.807) is 18.5 Å². The second-order valence-electron chi connectivity index (χ2n) is 5.59. The molecule has 0 radical (unpaired) electrons. The van der Waals surface area contributed by atoms with Crippen LogP contribution in [0, 0.1) is 13.8 Å². The molecule has 0 unspecified atom stereocenters. The van der Waals surface area contributed by atoms with E-state index in [2.05, 4.69) is 10.3 Å². The number of nitrogens with zero attached hydrogens (tertiary/aromatic N) is 1. The molecule has 0 aliphatic rings. The zero-order chi connectivity index (χ0) is 16.4. The lowest BCUT2D eigenvalue weighted by molar-refractivity contribution is -0.120. The monoisotopic (exact) mass is 328 g/mol.